The molecule has 0 saturated carbocycles. The summed E-state index contributed by atoms with van der Waals surface area (Å²) in [7, 11) is 1.30. The monoisotopic (exact) mass is 219 g/mol. The largest absolute Gasteiger partial charge is 0.465 e. The second kappa shape index (κ2) is 5.71. The van der Waals surface area contributed by atoms with Crippen molar-refractivity contribution in [3.05, 3.63) is 18.1 Å². The molecule has 5 heteroatoms. The number of methoxy groups -OCH3 is 1. The highest BCUT2D eigenvalue weighted by molar-refractivity contribution is 5.94. The van der Waals surface area contributed by atoms with E-state index in [1.54, 1.807) is 0 Å². The Kier molecular flexibility index (Phi) is 4.28. The van der Waals surface area contributed by atoms with Crippen LogP contribution in [0.3, 0.4) is 0 Å². The van der Waals surface area contributed by atoms with Gasteiger partial charge in [-0.2, -0.15) is 0 Å². The van der Waals surface area contributed by atoms with Crippen LogP contribution in [-0.2, 0) is 4.74 Å². The molecule has 1 atom stereocenters. The number of ether oxygens (including phenoxy) is 1. The number of carbonyl (C=O) groups is 1. The molecule has 1 unspecified atom stereocenters. The van der Waals surface area contributed by atoms with Crippen molar-refractivity contribution in [2.45, 2.75) is 19.4 Å². The fourth-order valence-electron chi connectivity index (χ4n) is 1.13. The molecule has 0 aromatic carbocycles. The predicted octanol–water partition coefficient (Wildman–Crippen LogP) is 1.09. The molecule has 0 spiro atoms. The van der Waals surface area contributed by atoms with E-state index in [1.807, 2.05) is 6.92 Å². The molecule has 0 aliphatic heterocycles. The van der Waals surface area contributed by atoms with Crippen LogP contribution in [-0.4, -0.2) is 29.1 Å². The third kappa shape index (κ3) is 2.70. The smallest absolute Gasteiger partial charge is 0.343 e. The molecule has 1 rings (SSSR count). The van der Waals surface area contributed by atoms with E-state index in [9.17, 15) is 4.79 Å². The number of terminal acetylenes is 1. The van der Waals surface area contributed by atoms with E-state index in [-0.39, 0.29) is 11.6 Å². The summed E-state index contributed by atoms with van der Waals surface area (Å²) in [5, 5.41) is 2.97. The molecule has 1 heterocycles. The van der Waals surface area contributed by atoms with E-state index < -0.39 is 5.97 Å². The minimum Gasteiger partial charge on any atom is -0.465 e. The van der Waals surface area contributed by atoms with Gasteiger partial charge in [0.05, 0.1) is 13.2 Å². The first kappa shape index (κ1) is 12.0. The number of hydrogen-bond donors (Lipinski definition) is 1. The summed E-state index contributed by atoms with van der Waals surface area (Å²) in [6.07, 6.45) is 8.79. The van der Waals surface area contributed by atoms with Crippen molar-refractivity contribution >= 4 is 11.8 Å². The van der Waals surface area contributed by atoms with Crippen molar-refractivity contribution in [3.8, 4) is 12.3 Å². The van der Waals surface area contributed by atoms with Crippen molar-refractivity contribution in [2.75, 3.05) is 12.4 Å². The van der Waals surface area contributed by atoms with E-state index in [4.69, 9.17) is 6.42 Å². The molecule has 0 amide bonds. The number of esters is 1. The Labute approximate surface area is 94.2 Å². The van der Waals surface area contributed by atoms with E-state index in [0.717, 1.165) is 6.42 Å². The summed E-state index contributed by atoms with van der Waals surface area (Å²) in [6, 6.07) is -0.168. The van der Waals surface area contributed by atoms with E-state index in [2.05, 4.69) is 25.9 Å². The highest BCUT2D eigenvalue weighted by Crippen LogP contribution is 2.13. The number of carbonyl (C=O) groups excluding carboxylic acids is 1. The van der Waals surface area contributed by atoms with Crippen molar-refractivity contribution in [1.82, 2.24) is 9.97 Å². The number of aromatic nitrogens is 2. The standard InChI is InChI=1S/C11H13N3O2/c1-4-8(5-2)14-10-9(11(15)16-3)6-12-7-13-10/h1,6-8H,5H2,2-3H3,(H,12,13,14). The first-order valence-corrected chi connectivity index (χ1v) is 4.83. The minimum absolute atomic E-state index is 0.168. The molecule has 1 aromatic heterocycles. The number of nitrogens with zero attached hydrogens (tertiary/aromatic N) is 2. The molecular formula is C11H13N3O2. The average Bonchev–Trinajstić information content (AvgIpc) is 2.35. The predicted molar refractivity (Wildman–Crippen MR) is 59.9 cm³/mol. The molecule has 5 nitrogen and oxygen atoms in total. The number of anilines is 1. The lowest BCUT2D eigenvalue weighted by Crippen LogP contribution is -2.19. The maximum Gasteiger partial charge on any atom is 0.343 e. The highest BCUT2D eigenvalue weighted by Gasteiger charge is 2.14. The van der Waals surface area contributed by atoms with Crippen LogP contribution in [0, 0.1) is 12.3 Å². The Bertz CT molecular complexity index is 412. The Hall–Kier alpha value is -2.09. The average molecular weight is 219 g/mol. The van der Waals surface area contributed by atoms with Gasteiger partial charge in [-0.15, -0.1) is 6.42 Å². The third-order valence-corrected chi connectivity index (χ3v) is 2.04. The van der Waals surface area contributed by atoms with E-state index in [1.165, 1.54) is 19.6 Å². The van der Waals surface area contributed by atoms with Crippen LogP contribution in [0.4, 0.5) is 5.82 Å². The van der Waals surface area contributed by atoms with Gasteiger partial charge in [-0.3, -0.25) is 0 Å². The van der Waals surface area contributed by atoms with Crippen LogP contribution in [0.25, 0.3) is 0 Å². The van der Waals surface area contributed by atoms with Gasteiger partial charge in [-0.25, -0.2) is 14.8 Å². The first-order valence-electron chi connectivity index (χ1n) is 4.83. The molecule has 1 aromatic rings. The van der Waals surface area contributed by atoms with Gasteiger partial charge in [0.2, 0.25) is 0 Å². The fraction of sp³-hybridized carbons (Fsp3) is 0.364. The van der Waals surface area contributed by atoms with Crippen LogP contribution in [0.5, 0.6) is 0 Å². The molecule has 84 valence electrons. The van der Waals surface area contributed by atoms with Gasteiger partial charge in [-0.05, 0) is 6.42 Å². The van der Waals surface area contributed by atoms with Crippen LogP contribution < -0.4 is 5.32 Å². The van der Waals surface area contributed by atoms with E-state index in [0.29, 0.717) is 5.82 Å². The zero-order valence-electron chi connectivity index (χ0n) is 9.23. The topological polar surface area (TPSA) is 64.1 Å². The minimum atomic E-state index is -0.491. The molecule has 16 heavy (non-hydrogen) atoms. The zero-order valence-corrected chi connectivity index (χ0v) is 9.23. The van der Waals surface area contributed by atoms with Crippen molar-refractivity contribution < 1.29 is 9.53 Å². The van der Waals surface area contributed by atoms with Crippen LogP contribution in [0.15, 0.2) is 12.5 Å². The maximum atomic E-state index is 11.4. The Morgan fingerprint density at radius 3 is 3.06 bits per heavy atom. The van der Waals surface area contributed by atoms with Gasteiger partial charge in [0.15, 0.2) is 0 Å². The van der Waals surface area contributed by atoms with Gasteiger partial charge >= 0.3 is 5.97 Å². The summed E-state index contributed by atoms with van der Waals surface area (Å²) in [5.74, 6) is 2.47. The fourth-order valence-corrected chi connectivity index (χ4v) is 1.13. The zero-order chi connectivity index (χ0) is 12.0. The van der Waals surface area contributed by atoms with Gasteiger partial charge < -0.3 is 10.1 Å². The second-order valence-corrected chi connectivity index (χ2v) is 3.05. The first-order chi connectivity index (χ1) is 7.72. The quantitative estimate of drug-likeness (QED) is 0.606. The lowest BCUT2D eigenvalue weighted by molar-refractivity contribution is 0.0601. The van der Waals surface area contributed by atoms with Gasteiger partial charge in [0.25, 0.3) is 0 Å². The lowest BCUT2D eigenvalue weighted by Gasteiger charge is -2.13. The van der Waals surface area contributed by atoms with Gasteiger partial charge in [0, 0.05) is 6.20 Å². The van der Waals surface area contributed by atoms with Crippen molar-refractivity contribution in [1.29, 1.82) is 0 Å². The molecule has 0 aliphatic rings. The normalized spacial score (nSPS) is 11.3. The van der Waals surface area contributed by atoms with Crippen molar-refractivity contribution in [2.24, 2.45) is 0 Å². The number of hydrogen-bond acceptors (Lipinski definition) is 5. The van der Waals surface area contributed by atoms with Crippen molar-refractivity contribution in [3.63, 3.8) is 0 Å². The summed E-state index contributed by atoms with van der Waals surface area (Å²) in [6.45, 7) is 1.94. The second-order valence-electron chi connectivity index (χ2n) is 3.05. The summed E-state index contributed by atoms with van der Waals surface area (Å²) < 4.78 is 4.62. The van der Waals surface area contributed by atoms with Gasteiger partial charge in [0.1, 0.15) is 17.7 Å². The van der Waals surface area contributed by atoms with Crippen LogP contribution in [0.1, 0.15) is 23.7 Å². The van der Waals surface area contributed by atoms with Crippen LogP contribution in [0.2, 0.25) is 0 Å². The number of nitrogens with one attached hydrogen (secondary N) is 1. The lowest BCUT2D eigenvalue weighted by atomic mass is 10.2. The van der Waals surface area contributed by atoms with E-state index >= 15 is 0 Å². The molecular weight excluding hydrogens is 206 g/mol. The number of rotatable bonds is 4. The molecule has 0 saturated heterocycles. The Morgan fingerprint density at radius 1 is 1.75 bits per heavy atom. The Balaban J connectivity index is 2.96. The Morgan fingerprint density at radius 2 is 2.50 bits per heavy atom. The molecule has 0 bridgehead atoms. The maximum absolute atomic E-state index is 11.4. The molecule has 0 radical (unpaired) electrons. The summed E-state index contributed by atoms with van der Waals surface area (Å²) >= 11 is 0. The summed E-state index contributed by atoms with van der Waals surface area (Å²) in [4.78, 5) is 19.1. The third-order valence-electron chi connectivity index (χ3n) is 2.04. The summed E-state index contributed by atoms with van der Waals surface area (Å²) in [5.41, 5.74) is 0.277. The van der Waals surface area contributed by atoms with Crippen LogP contribution >= 0.6 is 0 Å². The molecule has 0 fully saturated rings. The molecule has 1 N–H and O–H groups in total. The molecule has 0 aliphatic carbocycles. The van der Waals surface area contributed by atoms with Gasteiger partial charge in [-0.1, -0.05) is 12.8 Å². The highest BCUT2D eigenvalue weighted by atomic mass is 16.5. The SMILES string of the molecule is C#CC(CC)Nc1ncncc1C(=O)OC.